The molecule has 2 aliphatic carbocycles. The molecule has 0 aromatic carbocycles. The third-order valence-corrected chi connectivity index (χ3v) is 6.05. The molecule has 6 N–H and O–H groups in total. The van der Waals surface area contributed by atoms with Crippen molar-refractivity contribution >= 4 is 47.1 Å². The number of fused-ring (bicyclic) bond motifs is 2. The van der Waals surface area contributed by atoms with E-state index in [-0.39, 0.29) is 23.6 Å². The van der Waals surface area contributed by atoms with Gasteiger partial charge in [-0.25, -0.2) is 4.98 Å². The zero-order chi connectivity index (χ0) is 18.1. The summed E-state index contributed by atoms with van der Waals surface area (Å²) < 4.78 is 6.55. The van der Waals surface area contributed by atoms with E-state index < -0.39 is 30.4 Å². The van der Waals surface area contributed by atoms with Crippen molar-refractivity contribution in [2.75, 3.05) is 12.3 Å². The van der Waals surface area contributed by atoms with E-state index in [1.807, 2.05) is 0 Å². The smallest absolute Gasteiger partial charge is 0.321 e. The van der Waals surface area contributed by atoms with Crippen LogP contribution < -0.4 is 5.73 Å². The van der Waals surface area contributed by atoms with Crippen LogP contribution in [0.5, 0.6) is 0 Å². The number of aliphatic hydroxyl groups excluding tert-OH is 2. The second-order valence-electron chi connectivity index (χ2n) is 6.44. The van der Waals surface area contributed by atoms with Crippen molar-refractivity contribution in [1.29, 1.82) is 0 Å². The second kappa shape index (κ2) is 5.54. The summed E-state index contributed by atoms with van der Waals surface area (Å²) in [6.07, 6.45) is -0.245. The highest BCUT2D eigenvalue weighted by molar-refractivity contribution is 8.06. The first-order valence-corrected chi connectivity index (χ1v) is 10.4. The third kappa shape index (κ3) is 2.66. The minimum absolute atomic E-state index is 0.0496. The molecule has 0 unspecified atom stereocenters. The Morgan fingerprint density at radius 3 is 2.84 bits per heavy atom. The lowest BCUT2D eigenvalue weighted by Crippen LogP contribution is -2.35. The van der Waals surface area contributed by atoms with Crippen LogP contribution in [0.4, 0.5) is 5.82 Å². The van der Waals surface area contributed by atoms with Gasteiger partial charge in [0, 0.05) is 5.41 Å². The van der Waals surface area contributed by atoms with Crippen LogP contribution in [0.2, 0.25) is 5.28 Å². The number of imidazole rings is 1. The summed E-state index contributed by atoms with van der Waals surface area (Å²) in [6, 6.07) is -0.538. The summed E-state index contributed by atoms with van der Waals surface area (Å²) in [5.41, 5.74) is 5.70. The number of nitrogen functional groups attached to an aromatic ring is 1. The molecule has 0 amide bonds. The second-order valence-corrected chi connectivity index (χ2v) is 9.44. The summed E-state index contributed by atoms with van der Waals surface area (Å²) in [4.78, 5) is 30.7. The quantitative estimate of drug-likeness (QED) is 0.332. The Kier molecular flexibility index (Phi) is 3.88. The summed E-state index contributed by atoms with van der Waals surface area (Å²) in [5, 5.41) is 20.9. The monoisotopic (exact) mass is 407 g/mol. The molecule has 0 spiro atoms. The highest BCUT2D eigenvalue weighted by Crippen LogP contribution is 2.68. The maximum atomic E-state index is 10.5. The summed E-state index contributed by atoms with van der Waals surface area (Å²) in [7, 11) is 0. The molecule has 0 aliphatic heterocycles. The molecular weight excluding hydrogens is 393 g/mol. The predicted octanol–water partition coefficient (Wildman–Crippen LogP) is -0.430. The summed E-state index contributed by atoms with van der Waals surface area (Å²) >= 11 is 10.3. The maximum Gasteiger partial charge on any atom is 0.321 e. The molecule has 2 aliphatic rings. The highest BCUT2D eigenvalue weighted by atomic mass is 35.5. The van der Waals surface area contributed by atoms with Crippen molar-refractivity contribution in [3.05, 3.63) is 11.6 Å². The number of nitrogens with zero attached hydrogens (tertiary/aromatic N) is 4. The van der Waals surface area contributed by atoms with E-state index in [9.17, 15) is 20.0 Å². The van der Waals surface area contributed by atoms with Crippen molar-refractivity contribution in [3.63, 3.8) is 0 Å². The Morgan fingerprint density at radius 1 is 1.44 bits per heavy atom. The fraction of sp³-hybridized carbons (Fsp3) is 0.583. The molecule has 2 heterocycles. The molecule has 0 bridgehead atoms. The normalized spacial score (nSPS) is 34.4. The molecule has 136 valence electrons. The van der Waals surface area contributed by atoms with Gasteiger partial charge in [0.05, 0.1) is 25.1 Å². The summed E-state index contributed by atoms with van der Waals surface area (Å²) in [6.45, 7) is -4.00. The Bertz CT molecular complexity index is 907. The van der Waals surface area contributed by atoms with Gasteiger partial charge >= 0.3 is 6.72 Å². The highest BCUT2D eigenvalue weighted by Gasteiger charge is 2.71. The molecule has 2 aromatic rings. The van der Waals surface area contributed by atoms with E-state index in [4.69, 9.17) is 21.9 Å². The van der Waals surface area contributed by atoms with Crippen molar-refractivity contribution in [2.24, 2.45) is 11.3 Å². The SMILES string of the molecule is Nc1nc(Cl)nc2c1ncn2[C@H]1[C@H](O)[C@H](O)[C@@]2(COP(O)(O)=S)C[C@H]12. The number of aliphatic hydroxyl groups is 2. The van der Waals surface area contributed by atoms with Crippen molar-refractivity contribution in [2.45, 2.75) is 24.7 Å². The van der Waals surface area contributed by atoms with E-state index in [0.29, 0.717) is 17.6 Å². The number of aromatic nitrogens is 4. The lowest BCUT2D eigenvalue weighted by atomic mass is 10.0. The minimum atomic E-state index is -3.85. The molecule has 4 rings (SSSR count). The van der Waals surface area contributed by atoms with Crippen LogP contribution in [0.25, 0.3) is 11.2 Å². The van der Waals surface area contributed by atoms with Gasteiger partial charge in [0.25, 0.3) is 0 Å². The Hall–Kier alpha value is -0.910. The molecule has 2 saturated carbocycles. The lowest BCUT2D eigenvalue weighted by molar-refractivity contribution is -0.0284. The molecule has 0 radical (unpaired) electrons. The Balaban J connectivity index is 1.70. The predicted molar refractivity (Wildman–Crippen MR) is 91.0 cm³/mol. The fourth-order valence-corrected chi connectivity index (χ4v) is 4.60. The van der Waals surface area contributed by atoms with Gasteiger partial charge in [-0.15, -0.1) is 0 Å². The summed E-state index contributed by atoms with van der Waals surface area (Å²) in [5.74, 6) is -0.0557. The lowest BCUT2D eigenvalue weighted by Gasteiger charge is -2.24. The molecule has 0 saturated heterocycles. The molecule has 2 aromatic heterocycles. The van der Waals surface area contributed by atoms with Crippen LogP contribution in [-0.2, 0) is 16.3 Å². The first-order valence-electron chi connectivity index (χ1n) is 7.36. The molecule has 13 heteroatoms. The van der Waals surface area contributed by atoms with Gasteiger partial charge in [0.1, 0.15) is 11.6 Å². The Morgan fingerprint density at radius 2 is 2.16 bits per heavy atom. The molecule has 25 heavy (non-hydrogen) atoms. The number of hydrogen-bond donors (Lipinski definition) is 5. The maximum absolute atomic E-state index is 10.5. The van der Waals surface area contributed by atoms with Gasteiger partial charge in [-0.05, 0) is 35.7 Å². The molecule has 2 fully saturated rings. The van der Waals surface area contributed by atoms with Gasteiger partial charge in [-0.2, -0.15) is 9.97 Å². The standard InChI is InChI=1S/C12H15ClN5O5PS/c13-11-16-9(14)5-10(17-11)18(3-15-5)6-4-1-12(4,8(20)7(6)19)2-23-24(21,22)25/h3-4,6-8,19-20H,1-2H2,(H2,14,16,17)(H2,21,22,25)/t4-,6-,7+,8+,12-/m1/s1. The van der Waals surface area contributed by atoms with Gasteiger partial charge in [0.2, 0.25) is 5.28 Å². The number of nitrogens with two attached hydrogens (primary N) is 1. The minimum Gasteiger partial charge on any atom is -0.390 e. The van der Waals surface area contributed by atoms with Crippen molar-refractivity contribution in [3.8, 4) is 0 Å². The molecule has 5 atom stereocenters. The van der Waals surface area contributed by atoms with Crippen LogP contribution in [0, 0.1) is 11.3 Å². The zero-order valence-corrected chi connectivity index (χ0v) is 15.1. The fourth-order valence-electron chi connectivity index (χ4n) is 3.86. The third-order valence-electron chi connectivity index (χ3n) is 5.10. The first-order chi connectivity index (χ1) is 11.6. The van der Waals surface area contributed by atoms with Gasteiger partial charge < -0.3 is 34.8 Å². The largest absolute Gasteiger partial charge is 0.390 e. The van der Waals surface area contributed by atoms with Crippen LogP contribution in [0.15, 0.2) is 6.33 Å². The number of anilines is 1. The van der Waals surface area contributed by atoms with Crippen LogP contribution in [-0.4, -0.2) is 58.3 Å². The Labute approximate surface area is 151 Å². The van der Waals surface area contributed by atoms with E-state index in [1.54, 1.807) is 4.57 Å². The van der Waals surface area contributed by atoms with E-state index in [1.165, 1.54) is 6.33 Å². The van der Waals surface area contributed by atoms with E-state index >= 15 is 0 Å². The van der Waals surface area contributed by atoms with Gasteiger partial charge in [-0.1, -0.05) is 0 Å². The van der Waals surface area contributed by atoms with Crippen LogP contribution in [0.3, 0.4) is 0 Å². The number of rotatable bonds is 4. The zero-order valence-electron chi connectivity index (χ0n) is 12.6. The average Bonchev–Trinajstić information content (AvgIpc) is 3.01. The van der Waals surface area contributed by atoms with Crippen LogP contribution >= 0.6 is 18.3 Å². The topological polar surface area (TPSA) is 160 Å². The molecular formula is C12H15ClN5O5PS. The van der Waals surface area contributed by atoms with Crippen molar-refractivity contribution in [1.82, 2.24) is 19.5 Å². The van der Waals surface area contributed by atoms with Gasteiger partial charge in [0.15, 0.2) is 11.5 Å². The van der Waals surface area contributed by atoms with Crippen LogP contribution in [0.1, 0.15) is 12.5 Å². The number of hydrogen-bond acceptors (Lipinski definition) is 8. The van der Waals surface area contributed by atoms with E-state index in [2.05, 4.69) is 26.8 Å². The van der Waals surface area contributed by atoms with Crippen molar-refractivity contribution < 1.29 is 24.5 Å². The first kappa shape index (κ1) is 17.5. The van der Waals surface area contributed by atoms with Gasteiger partial charge in [-0.3, -0.25) is 0 Å². The molecule has 10 nitrogen and oxygen atoms in total. The average molecular weight is 408 g/mol. The van der Waals surface area contributed by atoms with E-state index in [0.717, 1.165) is 0 Å². The number of halogens is 1.